The van der Waals surface area contributed by atoms with Crippen molar-refractivity contribution in [2.24, 2.45) is 4.99 Å². The predicted octanol–water partition coefficient (Wildman–Crippen LogP) is 1.50. The lowest BCUT2D eigenvalue weighted by Crippen LogP contribution is -2.38. The summed E-state index contributed by atoms with van der Waals surface area (Å²) in [5, 5.41) is 10.1. The van der Waals surface area contributed by atoms with Crippen molar-refractivity contribution in [1.29, 1.82) is 0 Å². The molecule has 0 fully saturated rings. The monoisotopic (exact) mass is 367 g/mol. The number of aliphatic imine (C=N–C) groups is 1. The molecule has 0 bridgehead atoms. The Kier molecular flexibility index (Phi) is 9.62. The third kappa shape index (κ3) is 6.77. The minimum atomic E-state index is 0. The molecule has 0 saturated heterocycles. The van der Waals surface area contributed by atoms with Gasteiger partial charge in [0.2, 0.25) is 5.89 Å². The maximum absolute atomic E-state index is 5.03. The van der Waals surface area contributed by atoms with Crippen molar-refractivity contribution in [1.82, 2.24) is 20.8 Å². The molecule has 7 heteroatoms. The summed E-state index contributed by atoms with van der Waals surface area (Å²) in [7, 11) is 0. The summed E-state index contributed by atoms with van der Waals surface area (Å²) in [5.74, 6) is 2.17. The van der Waals surface area contributed by atoms with Gasteiger partial charge in [-0.15, -0.1) is 24.0 Å². The molecule has 2 N–H and O–H groups in total. The first-order chi connectivity index (χ1) is 8.26. The van der Waals surface area contributed by atoms with Gasteiger partial charge in [0.25, 0.3) is 0 Å². The summed E-state index contributed by atoms with van der Waals surface area (Å²) >= 11 is 0. The number of hydrogen-bond acceptors (Lipinski definition) is 4. The van der Waals surface area contributed by atoms with Crippen LogP contribution in [0.2, 0.25) is 0 Å². The maximum Gasteiger partial charge on any atom is 0.228 e. The third-order valence-electron chi connectivity index (χ3n) is 2.04. The van der Waals surface area contributed by atoms with Crippen molar-refractivity contribution in [2.75, 3.05) is 19.6 Å². The molecule has 0 aliphatic carbocycles. The topological polar surface area (TPSA) is 75.3 Å². The van der Waals surface area contributed by atoms with E-state index in [2.05, 4.69) is 32.7 Å². The molecule has 18 heavy (non-hydrogen) atoms. The number of hydrogen-bond donors (Lipinski definition) is 2. The summed E-state index contributed by atoms with van der Waals surface area (Å²) in [6.45, 7) is 8.38. The van der Waals surface area contributed by atoms with E-state index in [4.69, 9.17) is 4.52 Å². The number of aromatic nitrogens is 2. The zero-order chi connectivity index (χ0) is 12.5. The fourth-order valence-electron chi connectivity index (χ4n) is 1.29. The number of rotatable bonds is 6. The van der Waals surface area contributed by atoms with Crippen molar-refractivity contribution in [3.63, 3.8) is 0 Å². The molecule has 6 nitrogen and oxygen atoms in total. The van der Waals surface area contributed by atoms with Crippen LogP contribution in [0.5, 0.6) is 0 Å². The summed E-state index contributed by atoms with van der Waals surface area (Å²) < 4.78 is 5.03. The van der Waals surface area contributed by atoms with Crippen LogP contribution in [-0.4, -0.2) is 35.7 Å². The Morgan fingerprint density at radius 3 is 2.67 bits per heavy atom. The van der Waals surface area contributed by atoms with Gasteiger partial charge in [0, 0.05) is 26.1 Å². The van der Waals surface area contributed by atoms with E-state index >= 15 is 0 Å². The van der Waals surface area contributed by atoms with Crippen molar-refractivity contribution < 1.29 is 4.52 Å². The molecule has 1 heterocycles. The molecule has 0 radical (unpaired) electrons. The summed E-state index contributed by atoms with van der Waals surface area (Å²) in [6, 6.07) is 0. The van der Waals surface area contributed by atoms with Crippen LogP contribution in [-0.2, 0) is 6.42 Å². The van der Waals surface area contributed by atoms with E-state index in [9.17, 15) is 0 Å². The van der Waals surface area contributed by atoms with Gasteiger partial charge in [-0.05, 0) is 20.3 Å². The SMILES string of the molecule is CCCN=C(NCC)NCCc1nc(C)no1.I. The van der Waals surface area contributed by atoms with Gasteiger partial charge >= 0.3 is 0 Å². The van der Waals surface area contributed by atoms with Crippen LogP contribution in [0.15, 0.2) is 9.52 Å². The van der Waals surface area contributed by atoms with Gasteiger partial charge in [-0.1, -0.05) is 12.1 Å². The van der Waals surface area contributed by atoms with Gasteiger partial charge in [-0.25, -0.2) is 0 Å². The van der Waals surface area contributed by atoms with Crippen LogP contribution in [0.4, 0.5) is 0 Å². The molecule has 0 atom stereocenters. The molecule has 0 amide bonds. The quantitative estimate of drug-likeness (QED) is 0.453. The predicted molar refractivity (Wildman–Crippen MR) is 82.4 cm³/mol. The first kappa shape index (κ1) is 17.1. The number of nitrogens with one attached hydrogen (secondary N) is 2. The summed E-state index contributed by atoms with van der Waals surface area (Å²) in [5.41, 5.74) is 0. The Balaban J connectivity index is 0.00000289. The third-order valence-corrected chi connectivity index (χ3v) is 2.04. The lowest BCUT2D eigenvalue weighted by Gasteiger charge is -2.09. The molecule has 0 aliphatic heterocycles. The summed E-state index contributed by atoms with van der Waals surface area (Å²) in [4.78, 5) is 8.53. The van der Waals surface area contributed by atoms with Crippen LogP contribution in [0, 0.1) is 6.92 Å². The molecule has 0 aromatic carbocycles. The van der Waals surface area contributed by atoms with Gasteiger partial charge < -0.3 is 15.2 Å². The molecule has 0 spiro atoms. The van der Waals surface area contributed by atoms with Crippen molar-refractivity contribution >= 4 is 29.9 Å². The highest BCUT2D eigenvalue weighted by Crippen LogP contribution is 1.95. The van der Waals surface area contributed by atoms with Gasteiger partial charge in [-0.2, -0.15) is 4.98 Å². The fourth-order valence-corrected chi connectivity index (χ4v) is 1.29. The van der Waals surface area contributed by atoms with E-state index in [1.165, 1.54) is 0 Å². The lowest BCUT2D eigenvalue weighted by atomic mass is 10.4. The van der Waals surface area contributed by atoms with E-state index in [0.29, 0.717) is 18.1 Å². The molecule has 1 aromatic heterocycles. The zero-order valence-corrected chi connectivity index (χ0v) is 13.5. The number of nitrogens with zero attached hydrogens (tertiary/aromatic N) is 3. The van der Waals surface area contributed by atoms with Crippen LogP contribution >= 0.6 is 24.0 Å². The lowest BCUT2D eigenvalue weighted by molar-refractivity contribution is 0.374. The zero-order valence-electron chi connectivity index (χ0n) is 11.2. The van der Waals surface area contributed by atoms with Gasteiger partial charge in [0.05, 0.1) is 0 Å². The number of guanidine groups is 1. The van der Waals surface area contributed by atoms with Gasteiger partial charge in [-0.3, -0.25) is 4.99 Å². The van der Waals surface area contributed by atoms with Crippen LogP contribution in [0.1, 0.15) is 32.0 Å². The van der Waals surface area contributed by atoms with E-state index in [1.54, 1.807) is 0 Å². The van der Waals surface area contributed by atoms with Gasteiger partial charge in [0.15, 0.2) is 11.8 Å². The first-order valence-electron chi connectivity index (χ1n) is 6.07. The molecule has 1 rings (SSSR count). The van der Waals surface area contributed by atoms with E-state index < -0.39 is 0 Å². The first-order valence-corrected chi connectivity index (χ1v) is 6.07. The average Bonchev–Trinajstić information content (AvgIpc) is 2.72. The van der Waals surface area contributed by atoms with Crippen LogP contribution in [0.3, 0.4) is 0 Å². The Bertz CT molecular complexity index is 353. The second-order valence-electron chi connectivity index (χ2n) is 3.67. The van der Waals surface area contributed by atoms with E-state index in [1.807, 2.05) is 13.8 Å². The molecule has 0 saturated carbocycles. The normalized spacial score (nSPS) is 10.9. The second-order valence-corrected chi connectivity index (χ2v) is 3.67. The van der Waals surface area contributed by atoms with E-state index in [-0.39, 0.29) is 24.0 Å². The van der Waals surface area contributed by atoms with Gasteiger partial charge in [0.1, 0.15) is 0 Å². The Morgan fingerprint density at radius 2 is 2.11 bits per heavy atom. The van der Waals surface area contributed by atoms with Crippen LogP contribution < -0.4 is 10.6 Å². The maximum atomic E-state index is 5.03. The van der Waals surface area contributed by atoms with E-state index in [0.717, 1.165) is 32.0 Å². The number of aryl methyl sites for hydroxylation is 1. The Morgan fingerprint density at radius 1 is 1.33 bits per heavy atom. The summed E-state index contributed by atoms with van der Waals surface area (Å²) in [6.07, 6.45) is 1.75. The minimum absolute atomic E-state index is 0. The molecular weight excluding hydrogens is 345 g/mol. The molecule has 0 aliphatic rings. The van der Waals surface area contributed by atoms with Crippen LogP contribution in [0.25, 0.3) is 0 Å². The van der Waals surface area contributed by atoms with Crippen molar-refractivity contribution in [3.05, 3.63) is 11.7 Å². The Hall–Kier alpha value is -0.860. The second kappa shape index (κ2) is 10.1. The highest BCUT2D eigenvalue weighted by molar-refractivity contribution is 14.0. The Labute approximate surface area is 125 Å². The number of halogens is 1. The highest BCUT2D eigenvalue weighted by Gasteiger charge is 2.02. The van der Waals surface area contributed by atoms with Crippen molar-refractivity contribution in [3.8, 4) is 0 Å². The minimum Gasteiger partial charge on any atom is -0.357 e. The molecule has 0 unspecified atom stereocenters. The smallest absolute Gasteiger partial charge is 0.228 e. The largest absolute Gasteiger partial charge is 0.357 e. The fraction of sp³-hybridized carbons (Fsp3) is 0.727. The van der Waals surface area contributed by atoms with Crippen molar-refractivity contribution in [2.45, 2.75) is 33.6 Å². The standard InChI is InChI=1S/C11H21N5O.HI/c1-4-7-13-11(12-5-2)14-8-6-10-15-9(3)16-17-10;/h4-8H2,1-3H3,(H2,12,13,14);1H. The highest BCUT2D eigenvalue weighted by atomic mass is 127. The molecular formula is C11H22IN5O. The molecule has 104 valence electrons. The average molecular weight is 367 g/mol. The molecule has 1 aromatic rings.